The third kappa shape index (κ3) is 0.905. The molecule has 60 valence electrons. The summed E-state index contributed by atoms with van der Waals surface area (Å²) in [4.78, 5) is 7.00. The van der Waals surface area contributed by atoms with Crippen LogP contribution in [0, 0.1) is 5.41 Å². The van der Waals surface area contributed by atoms with Gasteiger partial charge in [-0.05, 0) is 6.07 Å². The lowest BCUT2D eigenvalue weighted by atomic mass is 10.2. The first-order valence-corrected chi connectivity index (χ1v) is 3.83. The number of aromatic amines is 1. The highest BCUT2D eigenvalue weighted by molar-refractivity contribution is 6.36. The molecule has 3 nitrogen and oxygen atoms in total. The number of fused-ring (bicyclic) bond motifs is 1. The van der Waals surface area contributed by atoms with Crippen molar-refractivity contribution < 1.29 is 0 Å². The molecule has 0 atom stereocenters. The number of H-pyrrole nitrogens is 1. The first-order valence-electron chi connectivity index (χ1n) is 3.45. The quantitative estimate of drug-likeness (QED) is 0.648. The zero-order valence-electron chi connectivity index (χ0n) is 6.13. The lowest BCUT2D eigenvalue weighted by molar-refractivity contribution is 1.33. The molecule has 0 bridgehead atoms. The van der Waals surface area contributed by atoms with Crippen molar-refractivity contribution in [2.45, 2.75) is 0 Å². The van der Waals surface area contributed by atoms with Crippen LogP contribution in [0.3, 0.4) is 0 Å². The molecule has 0 fully saturated rings. The van der Waals surface area contributed by atoms with Gasteiger partial charge < -0.3 is 10.4 Å². The molecule has 4 heteroatoms. The van der Waals surface area contributed by atoms with Gasteiger partial charge in [-0.15, -0.1) is 0 Å². The van der Waals surface area contributed by atoms with Crippen molar-refractivity contribution in [1.29, 1.82) is 5.41 Å². The van der Waals surface area contributed by atoms with E-state index in [9.17, 15) is 0 Å². The molecule has 0 spiro atoms. The molecular weight excluding hydrogens is 174 g/mol. The van der Waals surface area contributed by atoms with Gasteiger partial charge in [-0.1, -0.05) is 11.6 Å². The Labute approximate surface area is 73.9 Å². The minimum absolute atomic E-state index is 0.625. The van der Waals surface area contributed by atoms with E-state index in [-0.39, 0.29) is 0 Å². The van der Waals surface area contributed by atoms with E-state index in [1.807, 2.05) is 0 Å². The summed E-state index contributed by atoms with van der Waals surface area (Å²) in [6.07, 6.45) is 4.61. The summed E-state index contributed by atoms with van der Waals surface area (Å²) in [5, 5.41) is 8.55. The minimum atomic E-state index is 0.625. The van der Waals surface area contributed by atoms with E-state index < -0.39 is 0 Å². The predicted octanol–water partition coefficient (Wildman–Crippen LogP) is 2.21. The second-order valence-electron chi connectivity index (χ2n) is 2.40. The van der Waals surface area contributed by atoms with Crippen LogP contribution in [0.25, 0.3) is 11.0 Å². The monoisotopic (exact) mass is 179 g/mol. The van der Waals surface area contributed by atoms with Gasteiger partial charge in [0.25, 0.3) is 0 Å². The molecule has 2 aromatic heterocycles. The largest absolute Gasteiger partial charge is 0.345 e. The van der Waals surface area contributed by atoms with Crippen molar-refractivity contribution in [2.24, 2.45) is 0 Å². The molecule has 2 N–H and O–H groups in total. The van der Waals surface area contributed by atoms with Crippen LogP contribution >= 0.6 is 11.6 Å². The van der Waals surface area contributed by atoms with Crippen LogP contribution in [0.4, 0.5) is 0 Å². The molecule has 0 aliphatic heterocycles. The van der Waals surface area contributed by atoms with Crippen LogP contribution in [0.15, 0.2) is 18.5 Å². The van der Waals surface area contributed by atoms with Gasteiger partial charge in [0, 0.05) is 29.6 Å². The van der Waals surface area contributed by atoms with E-state index in [0.29, 0.717) is 5.02 Å². The minimum Gasteiger partial charge on any atom is -0.345 e. The Hall–Kier alpha value is -1.35. The van der Waals surface area contributed by atoms with Gasteiger partial charge in [-0.25, -0.2) is 4.98 Å². The Morgan fingerprint density at radius 1 is 1.58 bits per heavy atom. The molecule has 0 aromatic carbocycles. The van der Waals surface area contributed by atoms with Gasteiger partial charge in [0.15, 0.2) is 0 Å². The van der Waals surface area contributed by atoms with Crippen LogP contribution in [0.1, 0.15) is 5.56 Å². The molecule has 0 radical (unpaired) electrons. The van der Waals surface area contributed by atoms with E-state index in [2.05, 4.69) is 9.97 Å². The fraction of sp³-hybridized carbons (Fsp3) is 0. The number of pyridine rings is 1. The van der Waals surface area contributed by atoms with Crippen molar-refractivity contribution in [3.63, 3.8) is 0 Å². The third-order valence-electron chi connectivity index (χ3n) is 1.71. The predicted molar refractivity (Wildman–Crippen MR) is 49.0 cm³/mol. The maximum Gasteiger partial charge on any atom is 0.139 e. The van der Waals surface area contributed by atoms with Gasteiger partial charge >= 0.3 is 0 Å². The second kappa shape index (κ2) is 2.60. The van der Waals surface area contributed by atoms with Crippen molar-refractivity contribution in [1.82, 2.24) is 9.97 Å². The number of hydrogen-bond donors (Lipinski definition) is 2. The van der Waals surface area contributed by atoms with Crippen molar-refractivity contribution in [3.8, 4) is 0 Å². The molecule has 2 heterocycles. The Morgan fingerprint density at radius 2 is 2.42 bits per heavy atom. The fourth-order valence-electron chi connectivity index (χ4n) is 1.15. The fourth-order valence-corrected chi connectivity index (χ4v) is 1.41. The second-order valence-corrected chi connectivity index (χ2v) is 2.81. The summed E-state index contributed by atoms with van der Waals surface area (Å²) < 4.78 is 0. The van der Waals surface area contributed by atoms with Crippen LogP contribution < -0.4 is 0 Å². The summed E-state index contributed by atoms with van der Waals surface area (Å²) in [5.41, 5.74) is 1.49. The highest BCUT2D eigenvalue weighted by Gasteiger charge is 2.04. The number of aromatic nitrogens is 2. The molecule has 0 aliphatic carbocycles. The average Bonchev–Trinajstić information content (AvgIpc) is 2.49. The van der Waals surface area contributed by atoms with Gasteiger partial charge in [-0.2, -0.15) is 0 Å². The molecule has 0 amide bonds. The summed E-state index contributed by atoms with van der Waals surface area (Å²) in [5.74, 6) is 0. The Kier molecular flexibility index (Phi) is 1.59. The maximum absolute atomic E-state index is 7.11. The lowest BCUT2D eigenvalue weighted by Gasteiger charge is -1.92. The Morgan fingerprint density at radius 3 is 3.17 bits per heavy atom. The van der Waals surface area contributed by atoms with E-state index in [1.165, 1.54) is 6.21 Å². The van der Waals surface area contributed by atoms with Crippen LogP contribution in [-0.2, 0) is 0 Å². The number of nitrogens with one attached hydrogen (secondary N) is 2. The highest BCUT2D eigenvalue weighted by Crippen LogP contribution is 2.23. The van der Waals surface area contributed by atoms with Crippen molar-refractivity contribution >= 4 is 28.8 Å². The molecule has 12 heavy (non-hydrogen) atoms. The first kappa shape index (κ1) is 7.31. The summed E-state index contributed by atoms with van der Waals surface area (Å²) in [6.45, 7) is 0. The normalized spacial score (nSPS) is 10.4. The molecule has 2 aromatic rings. The number of rotatable bonds is 1. The van der Waals surface area contributed by atoms with E-state index in [4.69, 9.17) is 17.0 Å². The van der Waals surface area contributed by atoms with Gasteiger partial charge in [0.1, 0.15) is 5.65 Å². The maximum atomic E-state index is 7.11. The first-order chi connectivity index (χ1) is 5.83. The third-order valence-corrected chi connectivity index (χ3v) is 2.02. The standard InChI is InChI=1S/C8H6ClN3/c9-6-1-2-11-8-7(6)5(3-10)4-12-8/h1-4,10H,(H,11,12). The zero-order chi connectivity index (χ0) is 8.55. The summed E-state index contributed by atoms with van der Waals surface area (Å²) in [6, 6.07) is 1.71. The van der Waals surface area contributed by atoms with Crippen molar-refractivity contribution in [3.05, 3.63) is 29.0 Å². The van der Waals surface area contributed by atoms with Crippen molar-refractivity contribution in [2.75, 3.05) is 0 Å². The molecule has 2 rings (SSSR count). The van der Waals surface area contributed by atoms with Crippen LogP contribution in [-0.4, -0.2) is 16.2 Å². The SMILES string of the molecule is N=Cc1c[nH]c2nccc(Cl)c12. The summed E-state index contributed by atoms with van der Waals surface area (Å²) >= 11 is 5.92. The lowest BCUT2D eigenvalue weighted by Crippen LogP contribution is -1.78. The number of halogens is 1. The topological polar surface area (TPSA) is 52.5 Å². The molecule has 0 saturated heterocycles. The van der Waals surface area contributed by atoms with Gasteiger partial charge in [0.05, 0.1) is 5.02 Å². The Bertz CT molecular complexity index is 433. The van der Waals surface area contributed by atoms with Crippen LogP contribution in [0.5, 0.6) is 0 Å². The van der Waals surface area contributed by atoms with Crippen LogP contribution in [0.2, 0.25) is 5.02 Å². The van der Waals surface area contributed by atoms with E-state index in [1.54, 1.807) is 18.5 Å². The molecule has 0 saturated carbocycles. The van der Waals surface area contributed by atoms with E-state index in [0.717, 1.165) is 16.6 Å². The summed E-state index contributed by atoms with van der Waals surface area (Å²) in [7, 11) is 0. The zero-order valence-corrected chi connectivity index (χ0v) is 6.89. The highest BCUT2D eigenvalue weighted by atomic mass is 35.5. The molecule has 0 aliphatic rings. The molecular formula is C8H6ClN3. The number of hydrogen-bond acceptors (Lipinski definition) is 2. The van der Waals surface area contributed by atoms with E-state index >= 15 is 0 Å². The smallest absolute Gasteiger partial charge is 0.139 e. The molecule has 0 unspecified atom stereocenters. The number of nitrogens with zero attached hydrogens (tertiary/aromatic N) is 1. The van der Waals surface area contributed by atoms with Gasteiger partial charge in [-0.3, -0.25) is 0 Å². The average molecular weight is 180 g/mol. The van der Waals surface area contributed by atoms with Gasteiger partial charge in [0.2, 0.25) is 0 Å². The Balaban J connectivity index is 2.91.